The maximum Gasteiger partial charge on any atom is 0.253 e. The molecule has 0 bridgehead atoms. The predicted molar refractivity (Wildman–Crippen MR) is 83.2 cm³/mol. The fourth-order valence-corrected chi connectivity index (χ4v) is 5.43. The van der Waals surface area contributed by atoms with E-state index in [0.717, 1.165) is 26.1 Å². The van der Waals surface area contributed by atoms with Crippen molar-refractivity contribution < 1.29 is 4.79 Å². The molecule has 0 spiro atoms. The topological polar surface area (TPSA) is 29.1 Å². The number of rotatable bonds is 4. The Hall–Kier alpha value is 0.130. The van der Waals surface area contributed by atoms with Crippen LogP contribution in [0.4, 0.5) is 0 Å². The first-order valence-electron chi connectivity index (χ1n) is 6.29. The van der Waals surface area contributed by atoms with Crippen molar-refractivity contribution in [1.82, 2.24) is 5.32 Å². The van der Waals surface area contributed by atoms with E-state index in [1.54, 1.807) is 0 Å². The van der Waals surface area contributed by atoms with Crippen LogP contribution in [0.15, 0.2) is 13.6 Å². The van der Waals surface area contributed by atoms with E-state index < -0.39 is 0 Å². The fourth-order valence-electron chi connectivity index (χ4n) is 2.64. The molecule has 0 unspecified atom stereocenters. The molecule has 1 aromatic heterocycles. The second-order valence-corrected chi connectivity index (χ2v) is 8.73. The quantitative estimate of drug-likeness (QED) is 0.766. The van der Waals surface area contributed by atoms with Crippen LogP contribution in [0, 0.1) is 5.41 Å². The normalized spacial score (nSPS) is 17.9. The third kappa shape index (κ3) is 3.17. The van der Waals surface area contributed by atoms with Crippen molar-refractivity contribution in [2.45, 2.75) is 39.0 Å². The highest BCUT2D eigenvalue weighted by Crippen LogP contribution is 2.40. The van der Waals surface area contributed by atoms with Gasteiger partial charge in [-0.15, -0.1) is 11.3 Å². The number of carbonyl (C=O) groups is 1. The minimum absolute atomic E-state index is 0.0311. The third-order valence-corrected chi connectivity index (χ3v) is 6.28. The average Bonchev–Trinajstić information content (AvgIpc) is 2.94. The van der Waals surface area contributed by atoms with Crippen molar-refractivity contribution in [3.05, 3.63) is 19.2 Å². The molecule has 2 nitrogen and oxygen atoms in total. The highest BCUT2D eigenvalue weighted by molar-refractivity contribution is 9.12. The summed E-state index contributed by atoms with van der Waals surface area (Å²) in [7, 11) is 0. The van der Waals surface area contributed by atoms with E-state index in [9.17, 15) is 4.79 Å². The van der Waals surface area contributed by atoms with Gasteiger partial charge in [0.15, 0.2) is 0 Å². The fraction of sp³-hybridized carbons (Fsp3) is 0.615. The van der Waals surface area contributed by atoms with Gasteiger partial charge in [0.1, 0.15) is 0 Å². The average molecular weight is 395 g/mol. The molecule has 0 radical (unpaired) electrons. The molecule has 1 amide bonds. The molecule has 1 saturated carbocycles. The van der Waals surface area contributed by atoms with E-state index >= 15 is 0 Å². The van der Waals surface area contributed by atoms with Crippen molar-refractivity contribution in [2.75, 3.05) is 6.54 Å². The first-order chi connectivity index (χ1) is 8.56. The molecule has 1 aliphatic carbocycles. The maximum atomic E-state index is 12.1. The molecule has 0 aliphatic heterocycles. The lowest BCUT2D eigenvalue weighted by Gasteiger charge is -2.27. The molecule has 1 aromatic rings. The van der Waals surface area contributed by atoms with Gasteiger partial charge in [0.25, 0.3) is 5.91 Å². The van der Waals surface area contributed by atoms with E-state index in [0.29, 0.717) is 5.41 Å². The van der Waals surface area contributed by atoms with Gasteiger partial charge in [0.05, 0.1) is 13.1 Å². The Morgan fingerprint density at radius 1 is 1.44 bits per heavy atom. The van der Waals surface area contributed by atoms with Crippen LogP contribution in [0.5, 0.6) is 0 Å². The molecule has 18 heavy (non-hydrogen) atoms. The standard InChI is InChI=1S/C13H17Br2NOS/c1-2-13(5-3-4-6-13)8-16-12(17)9-7-10(14)18-11(9)15/h7H,2-6,8H2,1H3,(H,16,17). The molecule has 2 rings (SSSR count). The Labute approximate surface area is 129 Å². The van der Waals surface area contributed by atoms with Crippen molar-refractivity contribution in [1.29, 1.82) is 0 Å². The van der Waals surface area contributed by atoms with Crippen molar-refractivity contribution in [2.24, 2.45) is 5.41 Å². The Bertz CT molecular complexity index is 438. The van der Waals surface area contributed by atoms with E-state index in [-0.39, 0.29) is 5.91 Å². The number of nitrogens with one attached hydrogen (secondary N) is 1. The van der Waals surface area contributed by atoms with Crippen LogP contribution in [-0.2, 0) is 0 Å². The predicted octanol–water partition coefficient (Wildman–Crippen LogP) is 4.97. The number of thiophene rings is 1. The molecule has 0 atom stereocenters. The first kappa shape index (κ1) is 14.5. The number of amides is 1. The van der Waals surface area contributed by atoms with Crippen molar-refractivity contribution in [3.63, 3.8) is 0 Å². The number of hydrogen-bond acceptors (Lipinski definition) is 2. The third-order valence-electron chi connectivity index (χ3n) is 3.94. The monoisotopic (exact) mass is 393 g/mol. The molecular weight excluding hydrogens is 378 g/mol. The first-order valence-corrected chi connectivity index (χ1v) is 8.70. The van der Waals surface area contributed by atoms with Crippen LogP contribution < -0.4 is 5.32 Å². The van der Waals surface area contributed by atoms with Crippen LogP contribution in [0.3, 0.4) is 0 Å². The minimum Gasteiger partial charge on any atom is -0.351 e. The molecule has 1 fully saturated rings. The smallest absolute Gasteiger partial charge is 0.253 e. The Morgan fingerprint density at radius 2 is 2.11 bits per heavy atom. The number of hydrogen-bond donors (Lipinski definition) is 1. The number of halogens is 2. The van der Waals surface area contributed by atoms with E-state index in [1.165, 1.54) is 37.0 Å². The van der Waals surface area contributed by atoms with Gasteiger partial charge < -0.3 is 5.32 Å². The molecule has 0 aromatic carbocycles. The van der Waals surface area contributed by atoms with Gasteiger partial charge in [-0.1, -0.05) is 19.8 Å². The van der Waals surface area contributed by atoms with Gasteiger partial charge in [-0.3, -0.25) is 4.79 Å². The summed E-state index contributed by atoms with van der Waals surface area (Å²) in [4.78, 5) is 12.1. The number of carbonyl (C=O) groups excluding carboxylic acids is 1. The Kier molecular flexibility index (Phi) is 4.89. The molecule has 1 aliphatic rings. The highest BCUT2D eigenvalue weighted by atomic mass is 79.9. The Morgan fingerprint density at radius 3 is 2.61 bits per heavy atom. The lowest BCUT2D eigenvalue weighted by atomic mass is 9.83. The SMILES string of the molecule is CCC1(CNC(=O)c2cc(Br)sc2Br)CCCC1. The molecule has 1 heterocycles. The second kappa shape index (κ2) is 6.06. The van der Waals surface area contributed by atoms with E-state index in [2.05, 4.69) is 44.1 Å². The maximum absolute atomic E-state index is 12.1. The molecule has 5 heteroatoms. The highest BCUT2D eigenvalue weighted by Gasteiger charge is 2.32. The zero-order chi connectivity index (χ0) is 13.2. The molecule has 100 valence electrons. The van der Waals surface area contributed by atoms with Gasteiger partial charge in [-0.2, -0.15) is 0 Å². The summed E-state index contributed by atoms with van der Waals surface area (Å²) in [5, 5.41) is 3.10. The summed E-state index contributed by atoms with van der Waals surface area (Å²) in [5.41, 5.74) is 1.08. The lowest BCUT2D eigenvalue weighted by molar-refractivity contribution is 0.0928. The molecule has 1 N–H and O–H groups in total. The zero-order valence-electron chi connectivity index (χ0n) is 10.4. The summed E-state index contributed by atoms with van der Waals surface area (Å²) < 4.78 is 1.87. The van der Waals surface area contributed by atoms with Gasteiger partial charge in [-0.05, 0) is 62.6 Å². The van der Waals surface area contributed by atoms with E-state index in [4.69, 9.17) is 0 Å². The van der Waals surface area contributed by atoms with Gasteiger partial charge in [0.2, 0.25) is 0 Å². The summed E-state index contributed by atoms with van der Waals surface area (Å²) >= 11 is 8.36. The van der Waals surface area contributed by atoms with Crippen LogP contribution in [-0.4, -0.2) is 12.5 Å². The van der Waals surface area contributed by atoms with Gasteiger partial charge in [0, 0.05) is 6.54 Å². The van der Waals surface area contributed by atoms with Gasteiger partial charge in [-0.25, -0.2) is 0 Å². The minimum atomic E-state index is 0.0311. The summed E-state index contributed by atoms with van der Waals surface area (Å²) in [6.07, 6.45) is 6.26. The molecule has 0 saturated heterocycles. The van der Waals surface area contributed by atoms with Crippen molar-refractivity contribution in [3.8, 4) is 0 Å². The zero-order valence-corrected chi connectivity index (χ0v) is 14.4. The van der Waals surface area contributed by atoms with Crippen LogP contribution >= 0.6 is 43.2 Å². The Balaban J connectivity index is 1.98. The van der Waals surface area contributed by atoms with E-state index in [1.807, 2.05) is 6.07 Å². The largest absolute Gasteiger partial charge is 0.351 e. The molecular formula is C13H17Br2NOS. The lowest BCUT2D eigenvalue weighted by Crippen LogP contribution is -2.35. The van der Waals surface area contributed by atoms with Crippen molar-refractivity contribution >= 4 is 49.1 Å². The van der Waals surface area contributed by atoms with Crippen LogP contribution in [0.1, 0.15) is 49.4 Å². The van der Waals surface area contributed by atoms with Crippen LogP contribution in [0.2, 0.25) is 0 Å². The summed E-state index contributed by atoms with van der Waals surface area (Å²) in [6.45, 7) is 3.04. The second-order valence-electron chi connectivity index (χ2n) is 4.98. The summed E-state index contributed by atoms with van der Waals surface area (Å²) in [5.74, 6) is 0.0311. The van der Waals surface area contributed by atoms with Crippen LogP contribution in [0.25, 0.3) is 0 Å². The van der Waals surface area contributed by atoms with Gasteiger partial charge >= 0.3 is 0 Å². The summed E-state index contributed by atoms with van der Waals surface area (Å²) in [6, 6.07) is 1.87.